The monoisotopic (exact) mass is 255 g/mol. The molecule has 3 nitrogen and oxygen atoms in total. The van der Waals surface area contributed by atoms with Gasteiger partial charge in [-0.25, -0.2) is 0 Å². The zero-order valence-corrected chi connectivity index (χ0v) is 12.2. The topological polar surface area (TPSA) is 30.5 Å². The Bertz CT molecular complexity index is 255. The molecule has 3 heteroatoms. The Morgan fingerprint density at radius 3 is 2.83 bits per heavy atom. The van der Waals surface area contributed by atoms with Crippen LogP contribution in [0.2, 0.25) is 0 Å². The first kappa shape index (κ1) is 14.3. The third-order valence-electron chi connectivity index (χ3n) is 4.57. The fourth-order valence-electron chi connectivity index (χ4n) is 3.52. The third-order valence-corrected chi connectivity index (χ3v) is 4.57. The molecule has 0 amide bonds. The summed E-state index contributed by atoms with van der Waals surface area (Å²) in [6.07, 6.45) is 5.26. The Morgan fingerprint density at radius 2 is 2.06 bits per heavy atom. The molecular weight excluding hydrogens is 226 g/mol. The maximum absolute atomic E-state index is 5.80. The molecule has 2 rings (SSSR count). The summed E-state index contributed by atoms with van der Waals surface area (Å²) in [5.74, 6) is 0.751. The zero-order chi connectivity index (χ0) is 13.0. The number of hydrogen-bond acceptors (Lipinski definition) is 3. The van der Waals surface area contributed by atoms with E-state index in [1.165, 1.54) is 19.3 Å². The van der Waals surface area contributed by atoms with Crippen LogP contribution in [0.5, 0.6) is 0 Å². The highest BCUT2D eigenvalue weighted by Crippen LogP contribution is 2.51. The SMILES string of the molecule is CCCCOCCCNC1C2CCOC2C1(C)C. The highest BCUT2D eigenvalue weighted by molar-refractivity contribution is 5.11. The molecule has 1 saturated carbocycles. The first-order chi connectivity index (χ1) is 8.68. The molecule has 106 valence electrons. The van der Waals surface area contributed by atoms with Gasteiger partial charge in [-0.15, -0.1) is 0 Å². The van der Waals surface area contributed by atoms with Crippen molar-refractivity contribution in [2.45, 2.75) is 58.6 Å². The van der Waals surface area contributed by atoms with Crippen molar-refractivity contribution in [1.29, 1.82) is 0 Å². The van der Waals surface area contributed by atoms with Crippen LogP contribution >= 0.6 is 0 Å². The van der Waals surface area contributed by atoms with Crippen molar-refractivity contribution in [2.75, 3.05) is 26.4 Å². The van der Waals surface area contributed by atoms with Gasteiger partial charge in [0, 0.05) is 37.2 Å². The molecule has 0 aromatic rings. The second-order valence-electron chi connectivity index (χ2n) is 6.32. The van der Waals surface area contributed by atoms with Gasteiger partial charge in [0.15, 0.2) is 0 Å². The van der Waals surface area contributed by atoms with Gasteiger partial charge in [-0.1, -0.05) is 27.2 Å². The number of unbranched alkanes of at least 4 members (excludes halogenated alkanes) is 1. The van der Waals surface area contributed by atoms with Crippen molar-refractivity contribution < 1.29 is 9.47 Å². The molecule has 0 spiro atoms. The Hall–Kier alpha value is -0.120. The number of nitrogens with one attached hydrogen (secondary N) is 1. The van der Waals surface area contributed by atoms with Gasteiger partial charge in [-0.05, 0) is 25.8 Å². The first-order valence-corrected chi connectivity index (χ1v) is 7.60. The van der Waals surface area contributed by atoms with E-state index < -0.39 is 0 Å². The molecule has 1 aliphatic carbocycles. The van der Waals surface area contributed by atoms with Crippen LogP contribution < -0.4 is 5.32 Å². The lowest BCUT2D eigenvalue weighted by Gasteiger charge is -2.55. The van der Waals surface area contributed by atoms with Crippen LogP contribution in [0, 0.1) is 11.3 Å². The Balaban J connectivity index is 1.57. The van der Waals surface area contributed by atoms with Crippen LogP contribution in [0.1, 0.15) is 46.5 Å². The molecule has 3 unspecified atom stereocenters. The Labute approximate surface area is 112 Å². The molecule has 1 aliphatic heterocycles. The van der Waals surface area contributed by atoms with Gasteiger partial charge in [-0.3, -0.25) is 0 Å². The van der Waals surface area contributed by atoms with Crippen LogP contribution in [-0.2, 0) is 9.47 Å². The van der Waals surface area contributed by atoms with Crippen LogP contribution in [-0.4, -0.2) is 38.5 Å². The van der Waals surface area contributed by atoms with E-state index in [0.717, 1.165) is 38.7 Å². The van der Waals surface area contributed by atoms with Crippen molar-refractivity contribution in [3.05, 3.63) is 0 Å². The second-order valence-corrected chi connectivity index (χ2v) is 6.32. The maximum atomic E-state index is 5.80. The summed E-state index contributed by atoms with van der Waals surface area (Å²) < 4.78 is 11.4. The number of fused-ring (bicyclic) bond motifs is 1. The number of rotatable bonds is 8. The smallest absolute Gasteiger partial charge is 0.0685 e. The van der Waals surface area contributed by atoms with Crippen molar-refractivity contribution >= 4 is 0 Å². The second kappa shape index (κ2) is 6.36. The average molecular weight is 255 g/mol. The Morgan fingerprint density at radius 1 is 1.28 bits per heavy atom. The van der Waals surface area contributed by atoms with Gasteiger partial charge in [0.2, 0.25) is 0 Å². The van der Waals surface area contributed by atoms with Crippen LogP contribution in [0.3, 0.4) is 0 Å². The lowest BCUT2D eigenvalue weighted by atomic mass is 9.57. The fraction of sp³-hybridized carbons (Fsp3) is 1.00. The van der Waals surface area contributed by atoms with Gasteiger partial charge in [0.1, 0.15) is 0 Å². The summed E-state index contributed by atoms with van der Waals surface area (Å²) in [6, 6.07) is 0.639. The van der Waals surface area contributed by atoms with Gasteiger partial charge in [0.05, 0.1) is 6.10 Å². The van der Waals surface area contributed by atoms with Crippen molar-refractivity contribution in [3.63, 3.8) is 0 Å². The molecule has 0 bridgehead atoms. The van der Waals surface area contributed by atoms with Gasteiger partial charge < -0.3 is 14.8 Å². The molecule has 3 atom stereocenters. The average Bonchev–Trinajstić information content (AvgIpc) is 2.79. The summed E-state index contributed by atoms with van der Waals surface area (Å²) in [6.45, 7) is 10.7. The van der Waals surface area contributed by atoms with Crippen LogP contribution in [0.4, 0.5) is 0 Å². The molecule has 1 saturated heterocycles. The van der Waals surface area contributed by atoms with E-state index in [1.807, 2.05) is 0 Å². The standard InChI is InChI=1S/C15H29NO2/c1-4-5-9-17-10-6-8-16-13-12-7-11-18-14(12)15(13,2)3/h12-14,16H,4-11H2,1-3H3. The van der Waals surface area contributed by atoms with Gasteiger partial charge >= 0.3 is 0 Å². The number of ether oxygens (including phenoxy) is 2. The van der Waals surface area contributed by atoms with Crippen molar-refractivity contribution in [3.8, 4) is 0 Å². The van der Waals surface area contributed by atoms with Gasteiger partial charge in [0.25, 0.3) is 0 Å². The molecule has 0 aromatic heterocycles. The van der Waals surface area contributed by atoms with Crippen molar-refractivity contribution in [1.82, 2.24) is 5.32 Å². The van der Waals surface area contributed by atoms with Crippen LogP contribution in [0.25, 0.3) is 0 Å². The Kier molecular flexibility index (Phi) is 5.05. The van der Waals surface area contributed by atoms with E-state index in [4.69, 9.17) is 9.47 Å². The van der Waals surface area contributed by atoms with E-state index in [9.17, 15) is 0 Å². The van der Waals surface area contributed by atoms with E-state index in [0.29, 0.717) is 17.6 Å². The fourth-order valence-corrected chi connectivity index (χ4v) is 3.52. The first-order valence-electron chi connectivity index (χ1n) is 7.60. The third kappa shape index (κ3) is 2.89. The summed E-state index contributed by atoms with van der Waals surface area (Å²) in [4.78, 5) is 0. The normalized spacial score (nSPS) is 33.2. The van der Waals surface area contributed by atoms with E-state index in [1.54, 1.807) is 0 Å². The van der Waals surface area contributed by atoms with Crippen molar-refractivity contribution in [2.24, 2.45) is 11.3 Å². The molecule has 1 N–H and O–H groups in total. The lowest BCUT2D eigenvalue weighted by molar-refractivity contribution is -0.112. The van der Waals surface area contributed by atoms with E-state index in [-0.39, 0.29) is 0 Å². The summed E-state index contributed by atoms with van der Waals surface area (Å²) in [5, 5.41) is 3.71. The largest absolute Gasteiger partial charge is 0.381 e. The molecule has 1 heterocycles. The number of hydrogen-bond donors (Lipinski definition) is 1. The zero-order valence-electron chi connectivity index (χ0n) is 12.2. The minimum atomic E-state index is 0.310. The quantitative estimate of drug-likeness (QED) is 0.676. The maximum Gasteiger partial charge on any atom is 0.0685 e. The van der Waals surface area contributed by atoms with Gasteiger partial charge in [-0.2, -0.15) is 0 Å². The molecular formula is C15H29NO2. The minimum absolute atomic E-state index is 0.310. The summed E-state index contributed by atoms with van der Waals surface area (Å²) >= 11 is 0. The highest BCUT2D eigenvalue weighted by atomic mass is 16.5. The van der Waals surface area contributed by atoms with Crippen LogP contribution in [0.15, 0.2) is 0 Å². The molecule has 2 fully saturated rings. The molecule has 0 radical (unpaired) electrons. The lowest BCUT2D eigenvalue weighted by Crippen LogP contribution is -2.65. The molecule has 0 aromatic carbocycles. The van der Waals surface area contributed by atoms with E-state index >= 15 is 0 Å². The predicted molar refractivity (Wildman–Crippen MR) is 73.8 cm³/mol. The highest BCUT2D eigenvalue weighted by Gasteiger charge is 2.58. The minimum Gasteiger partial charge on any atom is -0.381 e. The molecule has 2 aliphatic rings. The molecule has 18 heavy (non-hydrogen) atoms. The summed E-state index contributed by atoms with van der Waals surface area (Å²) in [7, 11) is 0. The van der Waals surface area contributed by atoms with E-state index in [2.05, 4.69) is 26.1 Å². The predicted octanol–water partition coefficient (Wildman–Crippen LogP) is 2.60. The summed E-state index contributed by atoms with van der Waals surface area (Å²) in [5.41, 5.74) is 0.310.